The molecule has 0 saturated heterocycles. The molecule has 2 heterocycles. The predicted molar refractivity (Wildman–Crippen MR) is 85.2 cm³/mol. The van der Waals surface area contributed by atoms with Crippen LogP contribution < -0.4 is 0 Å². The Kier molecular flexibility index (Phi) is 4.85. The van der Waals surface area contributed by atoms with Gasteiger partial charge in [-0.05, 0) is 44.2 Å². The predicted octanol–water partition coefficient (Wildman–Crippen LogP) is 2.44. The van der Waals surface area contributed by atoms with E-state index in [1.54, 1.807) is 24.6 Å². The molecule has 116 valence electrons. The van der Waals surface area contributed by atoms with E-state index in [0.29, 0.717) is 17.2 Å². The summed E-state index contributed by atoms with van der Waals surface area (Å²) in [6, 6.07) is 3.40. The number of sulfonamides is 1. The first-order valence-corrected chi connectivity index (χ1v) is 9.22. The maximum Gasteiger partial charge on any atom is 0.252 e. The second-order valence-electron chi connectivity index (χ2n) is 4.97. The minimum Gasteiger partial charge on any atom is -0.270 e. The van der Waals surface area contributed by atoms with E-state index in [1.807, 2.05) is 18.5 Å². The minimum atomic E-state index is -3.37. The number of thiophene rings is 1. The molecule has 0 bridgehead atoms. The summed E-state index contributed by atoms with van der Waals surface area (Å²) in [6.45, 7) is 7.35. The third-order valence-corrected chi connectivity index (χ3v) is 6.90. The number of aromatic nitrogens is 2. The van der Waals surface area contributed by atoms with Crippen LogP contribution in [-0.4, -0.2) is 36.1 Å². The average molecular weight is 327 g/mol. The molecular formula is C14H21N3O2S2. The van der Waals surface area contributed by atoms with Crippen molar-refractivity contribution in [3.05, 3.63) is 34.5 Å². The Morgan fingerprint density at radius 1 is 1.38 bits per heavy atom. The van der Waals surface area contributed by atoms with Gasteiger partial charge in [-0.3, -0.25) is 4.68 Å². The van der Waals surface area contributed by atoms with Crippen molar-refractivity contribution in [2.45, 2.75) is 37.9 Å². The molecular weight excluding hydrogens is 306 g/mol. The van der Waals surface area contributed by atoms with E-state index in [4.69, 9.17) is 0 Å². The van der Waals surface area contributed by atoms with Crippen LogP contribution in [0, 0.1) is 13.8 Å². The molecule has 0 radical (unpaired) electrons. The fourth-order valence-corrected chi connectivity index (χ4v) is 4.73. The zero-order valence-electron chi connectivity index (χ0n) is 12.8. The van der Waals surface area contributed by atoms with Crippen LogP contribution in [0.1, 0.15) is 23.9 Å². The van der Waals surface area contributed by atoms with Gasteiger partial charge in [0.2, 0.25) is 0 Å². The second-order valence-corrected chi connectivity index (χ2v) is 8.19. The van der Waals surface area contributed by atoms with Gasteiger partial charge in [0.1, 0.15) is 4.21 Å². The molecule has 2 aromatic rings. The van der Waals surface area contributed by atoms with Gasteiger partial charge in [0, 0.05) is 25.8 Å². The van der Waals surface area contributed by atoms with E-state index >= 15 is 0 Å². The lowest BCUT2D eigenvalue weighted by Gasteiger charge is -2.16. The maximum absolute atomic E-state index is 12.4. The largest absolute Gasteiger partial charge is 0.270 e. The lowest BCUT2D eigenvalue weighted by atomic mass is 10.1. The molecule has 0 N–H and O–H groups in total. The number of likely N-dealkylation sites (N-methyl/N-ethyl adjacent to an activating group) is 1. The van der Waals surface area contributed by atoms with Gasteiger partial charge in [-0.2, -0.15) is 9.40 Å². The minimum absolute atomic E-state index is 0.391. The van der Waals surface area contributed by atoms with Gasteiger partial charge in [0.05, 0.1) is 5.69 Å². The monoisotopic (exact) mass is 327 g/mol. The highest BCUT2D eigenvalue weighted by Gasteiger charge is 2.22. The molecule has 0 spiro atoms. The van der Waals surface area contributed by atoms with E-state index in [-0.39, 0.29) is 0 Å². The Morgan fingerprint density at radius 2 is 2.10 bits per heavy atom. The summed E-state index contributed by atoms with van der Waals surface area (Å²) < 4.78 is 28.5. The molecule has 0 atom stereocenters. The Labute approximate surface area is 130 Å². The van der Waals surface area contributed by atoms with E-state index < -0.39 is 10.0 Å². The van der Waals surface area contributed by atoms with Crippen LogP contribution in [0.3, 0.4) is 0 Å². The SMILES string of the molecule is CCn1nc(C)c(CCN(C)S(=O)(=O)c2cccs2)c1C. The van der Waals surface area contributed by atoms with Crippen molar-refractivity contribution in [3.63, 3.8) is 0 Å². The quantitative estimate of drug-likeness (QED) is 0.819. The van der Waals surface area contributed by atoms with Crippen molar-refractivity contribution in [2.75, 3.05) is 13.6 Å². The Hall–Kier alpha value is -1.18. The number of rotatable bonds is 6. The first kappa shape index (κ1) is 16.2. The fraction of sp³-hybridized carbons (Fsp3) is 0.500. The molecule has 0 aliphatic carbocycles. The van der Waals surface area contributed by atoms with Crippen molar-refractivity contribution < 1.29 is 8.42 Å². The van der Waals surface area contributed by atoms with Gasteiger partial charge in [-0.25, -0.2) is 8.42 Å². The van der Waals surface area contributed by atoms with Gasteiger partial charge in [0.25, 0.3) is 10.0 Å². The Balaban J connectivity index is 2.12. The van der Waals surface area contributed by atoms with Crippen molar-refractivity contribution in [1.29, 1.82) is 0 Å². The van der Waals surface area contributed by atoms with Crippen LogP contribution in [-0.2, 0) is 23.0 Å². The molecule has 0 saturated carbocycles. The first-order chi connectivity index (χ1) is 9.87. The summed E-state index contributed by atoms with van der Waals surface area (Å²) in [6.07, 6.45) is 0.679. The zero-order valence-corrected chi connectivity index (χ0v) is 14.5. The molecule has 0 aliphatic heterocycles. The molecule has 2 rings (SSSR count). The third kappa shape index (κ3) is 3.20. The standard InChI is InChI=1S/C14H21N3O2S2/c1-5-17-12(3)13(11(2)15-17)8-9-16(4)21(18,19)14-7-6-10-20-14/h6-7,10H,5,8-9H2,1-4H3. The highest BCUT2D eigenvalue weighted by atomic mass is 32.2. The zero-order chi connectivity index (χ0) is 15.6. The summed E-state index contributed by atoms with van der Waals surface area (Å²) in [5, 5.41) is 6.25. The van der Waals surface area contributed by atoms with E-state index in [9.17, 15) is 8.42 Å². The van der Waals surface area contributed by atoms with Crippen LogP contribution in [0.5, 0.6) is 0 Å². The van der Waals surface area contributed by atoms with Gasteiger partial charge >= 0.3 is 0 Å². The summed E-state index contributed by atoms with van der Waals surface area (Å²) in [4.78, 5) is 0. The van der Waals surface area contributed by atoms with Gasteiger partial charge in [-0.1, -0.05) is 6.07 Å². The second kappa shape index (κ2) is 6.29. The van der Waals surface area contributed by atoms with Crippen LogP contribution in [0.25, 0.3) is 0 Å². The van der Waals surface area contributed by atoms with Crippen LogP contribution >= 0.6 is 11.3 Å². The molecule has 0 aromatic carbocycles. The van der Waals surface area contributed by atoms with Crippen molar-refractivity contribution in [3.8, 4) is 0 Å². The van der Waals surface area contributed by atoms with E-state index in [0.717, 1.165) is 23.5 Å². The van der Waals surface area contributed by atoms with E-state index in [1.165, 1.54) is 15.6 Å². The lowest BCUT2D eigenvalue weighted by Crippen LogP contribution is -2.28. The number of hydrogen-bond acceptors (Lipinski definition) is 4. The molecule has 0 unspecified atom stereocenters. The maximum atomic E-state index is 12.4. The van der Waals surface area contributed by atoms with Gasteiger partial charge in [-0.15, -0.1) is 11.3 Å². The smallest absolute Gasteiger partial charge is 0.252 e. The summed E-state index contributed by atoms with van der Waals surface area (Å²) in [7, 11) is -1.74. The van der Waals surface area contributed by atoms with Crippen LogP contribution in [0.4, 0.5) is 0 Å². The average Bonchev–Trinajstić information content (AvgIpc) is 3.06. The number of aryl methyl sites for hydroxylation is 2. The molecule has 0 fully saturated rings. The lowest BCUT2D eigenvalue weighted by molar-refractivity contribution is 0.473. The molecule has 7 heteroatoms. The highest BCUT2D eigenvalue weighted by Crippen LogP contribution is 2.21. The molecule has 21 heavy (non-hydrogen) atoms. The summed E-state index contributed by atoms with van der Waals surface area (Å²) >= 11 is 1.25. The molecule has 2 aromatic heterocycles. The van der Waals surface area contributed by atoms with Crippen LogP contribution in [0.15, 0.2) is 21.7 Å². The van der Waals surface area contributed by atoms with Gasteiger partial charge < -0.3 is 0 Å². The highest BCUT2D eigenvalue weighted by molar-refractivity contribution is 7.91. The summed E-state index contributed by atoms with van der Waals surface area (Å²) in [5.74, 6) is 0. The normalized spacial score (nSPS) is 12.2. The van der Waals surface area contributed by atoms with E-state index in [2.05, 4.69) is 12.0 Å². The molecule has 0 amide bonds. The third-order valence-electron chi connectivity index (χ3n) is 3.67. The molecule has 0 aliphatic rings. The number of hydrogen-bond donors (Lipinski definition) is 0. The van der Waals surface area contributed by atoms with Crippen molar-refractivity contribution in [1.82, 2.24) is 14.1 Å². The number of nitrogens with zero attached hydrogens (tertiary/aromatic N) is 3. The Bertz CT molecular complexity index is 703. The fourth-order valence-electron chi connectivity index (χ4n) is 2.36. The van der Waals surface area contributed by atoms with Gasteiger partial charge in [0.15, 0.2) is 0 Å². The first-order valence-electron chi connectivity index (χ1n) is 6.90. The molecule has 5 nitrogen and oxygen atoms in total. The topological polar surface area (TPSA) is 55.2 Å². The Morgan fingerprint density at radius 3 is 2.62 bits per heavy atom. The van der Waals surface area contributed by atoms with Crippen molar-refractivity contribution in [2.24, 2.45) is 0 Å². The summed E-state index contributed by atoms with van der Waals surface area (Å²) in [5.41, 5.74) is 3.25. The van der Waals surface area contributed by atoms with Crippen molar-refractivity contribution >= 4 is 21.4 Å². The van der Waals surface area contributed by atoms with Crippen LogP contribution in [0.2, 0.25) is 0 Å².